The molecular formula is C30H35ClN2O2S. The Morgan fingerprint density at radius 2 is 1.67 bits per heavy atom. The smallest absolute Gasteiger partial charge is 0.243 e. The van der Waals surface area contributed by atoms with Crippen molar-refractivity contribution in [3.63, 3.8) is 0 Å². The normalized spacial score (nSPS) is 11.6. The molecule has 3 aromatic rings. The van der Waals surface area contributed by atoms with Crippen molar-refractivity contribution in [2.75, 3.05) is 12.3 Å². The Labute approximate surface area is 224 Å². The highest BCUT2D eigenvalue weighted by Crippen LogP contribution is 2.20. The number of hydrogen-bond acceptors (Lipinski definition) is 3. The Hall–Kier alpha value is -2.76. The number of amides is 2. The van der Waals surface area contributed by atoms with Crippen LogP contribution in [-0.4, -0.2) is 35.1 Å². The molecule has 6 heteroatoms. The molecule has 4 nitrogen and oxygen atoms in total. The summed E-state index contributed by atoms with van der Waals surface area (Å²) in [6, 6.07) is 25.1. The van der Waals surface area contributed by atoms with Crippen molar-refractivity contribution < 1.29 is 9.59 Å². The number of hydrogen-bond donors (Lipinski definition) is 1. The Morgan fingerprint density at radius 1 is 0.944 bits per heavy atom. The summed E-state index contributed by atoms with van der Waals surface area (Å²) < 4.78 is 0. The largest absolute Gasteiger partial charge is 0.354 e. The lowest BCUT2D eigenvalue weighted by atomic mass is 10.0. The van der Waals surface area contributed by atoms with Crippen molar-refractivity contribution in [2.24, 2.45) is 0 Å². The summed E-state index contributed by atoms with van der Waals surface area (Å²) in [4.78, 5) is 28.8. The first kappa shape index (κ1) is 27.8. The fraction of sp³-hybridized carbons (Fsp3) is 0.333. The molecule has 2 amide bonds. The van der Waals surface area contributed by atoms with Gasteiger partial charge >= 0.3 is 0 Å². The quantitative estimate of drug-likeness (QED) is 0.263. The number of carbonyl (C=O) groups is 2. The maximum atomic E-state index is 13.6. The van der Waals surface area contributed by atoms with E-state index in [1.54, 1.807) is 16.7 Å². The second kappa shape index (κ2) is 14.7. The predicted octanol–water partition coefficient (Wildman–Crippen LogP) is 6.44. The first-order valence-corrected chi connectivity index (χ1v) is 14.0. The van der Waals surface area contributed by atoms with Crippen molar-refractivity contribution in [1.29, 1.82) is 0 Å². The van der Waals surface area contributed by atoms with Crippen LogP contribution in [0.15, 0.2) is 78.9 Å². The summed E-state index contributed by atoms with van der Waals surface area (Å²) >= 11 is 7.55. The second-order valence-corrected chi connectivity index (χ2v) is 10.4. The molecule has 0 bridgehead atoms. The summed E-state index contributed by atoms with van der Waals surface area (Å²) in [7, 11) is 0. The minimum Gasteiger partial charge on any atom is -0.354 e. The van der Waals surface area contributed by atoms with Gasteiger partial charge in [0, 0.05) is 30.3 Å². The monoisotopic (exact) mass is 522 g/mol. The number of nitrogens with one attached hydrogen (secondary N) is 1. The summed E-state index contributed by atoms with van der Waals surface area (Å²) in [6.45, 7) is 5.13. The van der Waals surface area contributed by atoms with E-state index in [-0.39, 0.29) is 11.8 Å². The van der Waals surface area contributed by atoms with E-state index in [2.05, 4.69) is 18.3 Å². The second-order valence-electron chi connectivity index (χ2n) is 8.98. The lowest BCUT2D eigenvalue weighted by molar-refractivity contribution is -0.139. The van der Waals surface area contributed by atoms with Gasteiger partial charge in [0.05, 0.1) is 5.75 Å². The zero-order chi connectivity index (χ0) is 25.8. The van der Waals surface area contributed by atoms with Gasteiger partial charge in [-0.05, 0) is 42.2 Å². The molecule has 36 heavy (non-hydrogen) atoms. The average Bonchev–Trinajstić information content (AvgIpc) is 2.88. The number of unbranched alkanes of at least 4 members (excludes halogenated alkanes) is 1. The van der Waals surface area contributed by atoms with Crippen LogP contribution in [-0.2, 0) is 28.3 Å². The highest BCUT2D eigenvalue weighted by Gasteiger charge is 2.30. The summed E-state index contributed by atoms with van der Waals surface area (Å²) in [5, 5.41) is 3.77. The van der Waals surface area contributed by atoms with Gasteiger partial charge in [-0.25, -0.2) is 0 Å². The molecule has 0 fully saturated rings. The van der Waals surface area contributed by atoms with Gasteiger partial charge in [0.1, 0.15) is 6.04 Å². The summed E-state index contributed by atoms with van der Waals surface area (Å²) in [5.41, 5.74) is 4.29. The third kappa shape index (κ3) is 9.03. The molecule has 190 valence electrons. The molecule has 0 spiro atoms. The van der Waals surface area contributed by atoms with Gasteiger partial charge in [-0.3, -0.25) is 9.59 Å². The third-order valence-corrected chi connectivity index (χ3v) is 7.18. The number of carbonyl (C=O) groups excluding carboxylic acids is 2. The first-order valence-electron chi connectivity index (χ1n) is 12.4. The Bertz CT molecular complexity index is 1110. The number of aryl methyl sites for hydroxylation is 1. The van der Waals surface area contributed by atoms with Gasteiger partial charge in [-0.2, -0.15) is 0 Å². The van der Waals surface area contributed by atoms with E-state index < -0.39 is 6.04 Å². The zero-order valence-electron chi connectivity index (χ0n) is 21.1. The van der Waals surface area contributed by atoms with Crippen LogP contribution in [0, 0.1) is 6.92 Å². The molecule has 1 N–H and O–H groups in total. The van der Waals surface area contributed by atoms with E-state index in [1.807, 2.05) is 79.7 Å². The van der Waals surface area contributed by atoms with Crippen molar-refractivity contribution >= 4 is 35.2 Å². The number of rotatable bonds is 13. The van der Waals surface area contributed by atoms with Gasteiger partial charge in [0.2, 0.25) is 11.8 Å². The van der Waals surface area contributed by atoms with E-state index >= 15 is 0 Å². The number of nitrogens with zero attached hydrogens (tertiary/aromatic N) is 1. The van der Waals surface area contributed by atoms with Crippen molar-refractivity contribution in [2.45, 2.75) is 51.4 Å². The predicted molar refractivity (Wildman–Crippen MR) is 151 cm³/mol. The minimum absolute atomic E-state index is 0.0398. The Morgan fingerprint density at radius 3 is 2.36 bits per heavy atom. The van der Waals surface area contributed by atoms with E-state index in [0.717, 1.165) is 35.1 Å². The molecule has 0 aliphatic carbocycles. The molecule has 1 atom stereocenters. The van der Waals surface area contributed by atoms with Gasteiger partial charge in [-0.15, -0.1) is 11.8 Å². The maximum absolute atomic E-state index is 13.6. The molecule has 0 saturated heterocycles. The van der Waals surface area contributed by atoms with Crippen LogP contribution in [0.25, 0.3) is 0 Å². The average molecular weight is 523 g/mol. The number of halogens is 1. The van der Waals surface area contributed by atoms with E-state index in [1.165, 1.54) is 0 Å². The SMILES string of the molecule is CCCCNC(=O)[C@@H](Cc1ccccc1)N(Cc1cccc(C)c1)C(=O)CSCc1ccc(Cl)cc1. The Kier molecular flexibility index (Phi) is 11.4. The van der Waals surface area contributed by atoms with Crippen LogP contribution >= 0.6 is 23.4 Å². The summed E-state index contributed by atoms with van der Waals surface area (Å²) in [5.74, 6) is 0.855. The van der Waals surface area contributed by atoms with Gasteiger partial charge in [-0.1, -0.05) is 97.2 Å². The fourth-order valence-corrected chi connectivity index (χ4v) is 4.98. The van der Waals surface area contributed by atoms with E-state index in [0.29, 0.717) is 36.0 Å². The molecule has 0 saturated carbocycles. The third-order valence-electron chi connectivity index (χ3n) is 5.94. The van der Waals surface area contributed by atoms with Crippen LogP contribution in [0.4, 0.5) is 0 Å². The molecule has 0 heterocycles. The minimum atomic E-state index is -0.589. The molecular weight excluding hydrogens is 488 g/mol. The van der Waals surface area contributed by atoms with Crippen molar-refractivity contribution in [3.05, 3.63) is 106 Å². The highest BCUT2D eigenvalue weighted by molar-refractivity contribution is 7.99. The Balaban J connectivity index is 1.82. The van der Waals surface area contributed by atoms with Crippen molar-refractivity contribution in [1.82, 2.24) is 10.2 Å². The fourth-order valence-electron chi connectivity index (χ4n) is 3.99. The van der Waals surface area contributed by atoms with Crippen LogP contribution in [0.5, 0.6) is 0 Å². The van der Waals surface area contributed by atoms with Crippen LogP contribution in [0.2, 0.25) is 5.02 Å². The lowest BCUT2D eigenvalue weighted by Gasteiger charge is -2.31. The molecule has 0 radical (unpaired) electrons. The standard InChI is InChI=1S/C30H35ClN2O2S/c1-3-4-17-32-30(35)28(19-24-10-6-5-7-11-24)33(20-26-12-8-9-23(2)18-26)29(34)22-36-21-25-13-15-27(31)16-14-25/h5-16,18,28H,3-4,17,19-22H2,1-2H3,(H,32,35)/t28-/m1/s1. The zero-order valence-corrected chi connectivity index (χ0v) is 22.7. The number of thioether (sulfide) groups is 1. The van der Waals surface area contributed by atoms with Gasteiger partial charge in [0.25, 0.3) is 0 Å². The van der Waals surface area contributed by atoms with Crippen LogP contribution in [0.3, 0.4) is 0 Å². The molecule has 3 rings (SSSR count). The maximum Gasteiger partial charge on any atom is 0.243 e. The topological polar surface area (TPSA) is 49.4 Å². The molecule has 0 unspecified atom stereocenters. The van der Waals surface area contributed by atoms with Gasteiger partial charge in [0.15, 0.2) is 0 Å². The van der Waals surface area contributed by atoms with Crippen LogP contribution in [0.1, 0.15) is 42.0 Å². The number of benzene rings is 3. The highest BCUT2D eigenvalue weighted by atomic mass is 35.5. The molecule has 0 aromatic heterocycles. The molecule has 3 aromatic carbocycles. The van der Waals surface area contributed by atoms with E-state index in [9.17, 15) is 9.59 Å². The lowest BCUT2D eigenvalue weighted by Crippen LogP contribution is -2.51. The first-order chi connectivity index (χ1) is 17.5. The van der Waals surface area contributed by atoms with Gasteiger partial charge < -0.3 is 10.2 Å². The summed E-state index contributed by atoms with van der Waals surface area (Å²) in [6.07, 6.45) is 2.38. The van der Waals surface area contributed by atoms with E-state index in [4.69, 9.17) is 11.6 Å². The molecule has 0 aliphatic rings. The van der Waals surface area contributed by atoms with Crippen LogP contribution < -0.4 is 5.32 Å². The molecule has 0 aliphatic heterocycles. The van der Waals surface area contributed by atoms with Crippen molar-refractivity contribution in [3.8, 4) is 0 Å².